The molecule has 3 rings (SSSR count). The summed E-state index contributed by atoms with van der Waals surface area (Å²) in [6.07, 6.45) is 0.238. The Bertz CT molecular complexity index is 948. The number of nitrogens with one attached hydrogen (secondary N) is 2. The van der Waals surface area contributed by atoms with E-state index in [1.54, 1.807) is 12.1 Å². The first-order valence-corrected chi connectivity index (χ1v) is 10.4. The summed E-state index contributed by atoms with van der Waals surface area (Å²) in [6.45, 7) is 1.88. The van der Waals surface area contributed by atoms with Gasteiger partial charge in [0, 0.05) is 27.9 Å². The normalized spacial score (nSPS) is 16.6. The molecule has 0 saturated heterocycles. The second kappa shape index (κ2) is 8.61. The van der Waals surface area contributed by atoms with E-state index in [9.17, 15) is 14.9 Å². The van der Waals surface area contributed by atoms with Gasteiger partial charge in [0.15, 0.2) is 0 Å². The highest BCUT2D eigenvalue weighted by atomic mass is 35.5. The van der Waals surface area contributed by atoms with E-state index in [1.165, 1.54) is 11.3 Å². The Balaban J connectivity index is 1.71. The molecule has 138 valence electrons. The van der Waals surface area contributed by atoms with Crippen LogP contribution in [0.1, 0.15) is 22.8 Å². The number of allylic oxidation sites excluding steroid dienone is 1. The van der Waals surface area contributed by atoms with Gasteiger partial charge in [0.25, 0.3) is 0 Å². The van der Waals surface area contributed by atoms with Crippen molar-refractivity contribution in [3.8, 4) is 6.07 Å². The average molecular weight is 418 g/mol. The molecule has 0 unspecified atom stereocenters. The van der Waals surface area contributed by atoms with E-state index in [-0.39, 0.29) is 29.9 Å². The van der Waals surface area contributed by atoms with Gasteiger partial charge < -0.3 is 10.6 Å². The van der Waals surface area contributed by atoms with Crippen LogP contribution >= 0.6 is 34.7 Å². The predicted octanol–water partition coefficient (Wildman–Crippen LogP) is 4.42. The van der Waals surface area contributed by atoms with Crippen LogP contribution in [0.4, 0.5) is 5.69 Å². The molecule has 0 fully saturated rings. The second-order valence-electron chi connectivity index (χ2n) is 5.98. The van der Waals surface area contributed by atoms with Gasteiger partial charge >= 0.3 is 0 Å². The van der Waals surface area contributed by atoms with E-state index in [4.69, 9.17) is 11.6 Å². The zero-order valence-corrected chi connectivity index (χ0v) is 16.8. The number of thiophene rings is 1. The summed E-state index contributed by atoms with van der Waals surface area (Å²) in [4.78, 5) is 25.3. The first kappa shape index (κ1) is 19.5. The first-order chi connectivity index (χ1) is 13.0. The van der Waals surface area contributed by atoms with Crippen LogP contribution in [-0.4, -0.2) is 17.6 Å². The number of nitrogens with zero attached hydrogens (tertiary/aromatic N) is 1. The van der Waals surface area contributed by atoms with E-state index < -0.39 is 0 Å². The average Bonchev–Trinajstić information content (AvgIpc) is 3.17. The van der Waals surface area contributed by atoms with E-state index in [0.717, 1.165) is 22.2 Å². The minimum Gasteiger partial charge on any atom is -0.325 e. The number of aryl methyl sites for hydroxylation is 1. The molecule has 27 heavy (non-hydrogen) atoms. The van der Waals surface area contributed by atoms with Crippen LogP contribution in [0.5, 0.6) is 0 Å². The van der Waals surface area contributed by atoms with Crippen molar-refractivity contribution < 1.29 is 9.59 Å². The molecule has 5 nitrogen and oxygen atoms in total. The lowest BCUT2D eigenvalue weighted by Gasteiger charge is -2.23. The topological polar surface area (TPSA) is 82.0 Å². The molecule has 8 heteroatoms. The fraction of sp³-hybridized carbons (Fsp3) is 0.211. The van der Waals surface area contributed by atoms with Crippen LogP contribution in [0.25, 0.3) is 0 Å². The van der Waals surface area contributed by atoms with Gasteiger partial charge in [-0.2, -0.15) is 5.26 Å². The van der Waals surface area contributed by atoms with Crippen LogP contribution in [0.3, 0.4) is 0 Å². The molecule has 2 amide bonds. The maximum absolute atomic E-state index is 12.2. The van der Waals surface area contributed by atoms with Crippen molar-refractivity contribution in [2.75, 3.05) is 11.1 Å². The van der Waals surface area contributed by atoms with Gasteiger partial charge in [-0.25, -0.2) is 0 Å². The van der Waals surface area contributed by atoms with Gasteiger partial charge in [-0.15, -0.1) is 11.3 Å². The number of anilines is 1. The quantitative estimate of drug-likeness (QED) is 0.754. The number of benzene rings is 1. The third kappa shape index (κ3) is 4.72. The van der Waals surface area contributed by atoms with Gasteiger partial charge in [-0.3, -0.25) is 9.59 Å². The van der Waals surface area contributed by atoms with Crippen LogP contribution in [-0.2, 0) is 9.59 Å². The molecule has 0 saturated carbocycles. The second-order valence-corrected chi connectivity index (χ2v) is 8.35. The summed E-state index contributed by atoms with van der Waals surface area (Å²) in [6, 6.07) is 11.3. The monoisotopic (exact) mass is 417 g/mol. The third-order valence-electron chi connectivity index (χ3n) is 4.05. The van der Waals surface area contributed by atoms with E-state index in [2.05, 4.69) is 16.7 Å². The lowest BCUT2D eigenvalue weighted by molar-refractivity contribution is -0.121. The molecule has 1 aliphatic heterocycles. The Labute approximate surface area is 170 Å². The van der Waals surface area contributed by atoms with Gasteiger partial charge in [0.05, 0.1) is 22.4 Å². The van der Waals surface area contributed by atoms with Crippen molar-refractivity contribution in [2.24, 2.45) is 0 Å². The summed E-state index contributed by atoms with van der Waals surface area (Å²) >= 11 is 8.74. The molecular formula is C19H16ClN3O2S2. The van der Waals surface area contributed by atoms with Gasteiger partial charge in [0.2, 0.25) is 11.8 Å². The molecule has 2 heterocycles. The Kier molecular flexibility index (Phi) is 6.22. The van der Waals surface area contributed by atoms with Crippen molar-refractivity contribution in [1.82, 2.24) is 5.32 Å². The lowest BCUT2D eigenvalue weighted by Crippen LogP contribution is -2.31. The third-order valence-corrected chi connectivity index (χ3v) is 6.46. The summed E-state index contributed by atoms with van der Waals surface area (Å²) in [5.41, 5.74) is 2.03. The fourth-order valence-electron chi connectivity index (χ4n) is 2.67. The number of carbonyl (C=O) groups is 2. The summed E-state index contributed by atoms with van der Waals surface area (Å²) in [5, 5.41) is 18.0. The van der Waals surface area contributed by atoms with Crippen LogP contribution in [0, 0.1) is 18.3 Å². The molecule has 2 N–H and O–H groups in total. The number of thioether (sulfide) groups is 1. The summed E-state index contributed by atoms with van der Waals surface area (Å²) < 4.78 is 0. The van der Waals surface area contributed by atoms with Crippen LogP contribution in [0.15, 0.2) is 46.3 Å². The maximum Gasteiger partial charge on any atom is 0.234 e. The minimum absolute atomic E-state index is 0.0729. The van der Waals surface area contributed by atoms with Crippen LogP contribution < -0.4 is 10.6 Å². The van der Waals surface area contributed by atoms with Crippen molar-refractivity contribution >= 4 is 52.2 Å². The smallest absolute Gasteiger partial charge is 0.234 e. The van der Waals surface area contributed by atoms with Crippen LogP contribution in [0.2, 0.25) is 5.02 Å². The Hall–Kier alpha value is -2.27. The molecule has 1 aromatic carbocycles. The standard InChI is InChI=1S/C19H16ClN3O2S2/c1-11-4-5-12(7-15(11)20)22-18(25)10-27-19-14(9-21)13(8-17(24)23-19)16-3-2-6-26-16/h2-7,13H,8,10H2,1H3,(H,22,25)(H,23,24)/t13-/m0/s1. The highest BCUT2D eigenvalue weighted by Crippen LogP contribution is 2.37. The number of amides is 2. The zero-order chi connectivity index (χ0) is 19.4. The number of carbonyl (C=O) groups excluding carboxylic acids is 2. The molecule has 0 aliphatic carbocycles. The zero-order valence-electron chi connectivity index (χ0n) is 14.4. The number of rotatable bonds is 5. The molecule has 1 aliphatic rings. The number of hydrogen-bond donors (Lipinski definition) is 2. The predicted molar refractivity (Wildman–Crippen MR) is 110 cm³/mol. The van der Waals surface area contributed by atoms with E-state index in [1.807, 2.05) is 30.5 Å². The Morgan fingerprint density at radius 1 is 1.48 bits per heavy atom. The number of nitriles is 1. The molecule has 1 atom stereocenters. The van der Waals surface area contributed by atoms with Crippen molar-refractivity contribution in [3.05, 3.63) is 61.8 Å². The van der Waals surface area contributed by atoms with Crippen molar-refractivity contribution in [2.45, 2.75) is 19.3 Å². The molecule has 0 radical (unpaired) electrons. The summed E-state index contributed by atoms with van der Waals surface area (Å²) in [7, 11) is 0. The van der Waals surface area contributed by atoms with Crippen molar-refractivity contribution in [3.63, 3.8) is 0 Å². The Morgan fingerprint density at radius 3 is 2.96 bits per heavy atom. The first-order valence-electron chi connectivity index (χ1n) is 8.14. The van der Waals surface area contributed by atoms with Gasteiger partial charge in [-0.1, -0.05) is 35.5 Å². The molecular weight excluding hydrogens is 402 g/mol. The molecule has 1 aromatic heterocycles. The van der Waals surface area contributed by atoms with Gasteiger partial charge in [0.1, 0.15) is 0 Å². The molecule has 2 aromatic rings. The highest BCUT2D eigenvalue weighted by Gasteiger charge is 2.30. The van der Waals surface area contributed by atoms with Gasteiger partial charge in [-0.05, 0) is 36.1 Å². The van der Waals surface area contributed by atoms with E-state index in [0.29, 0.717) is 21.3 Å². The largest absolute Gasteiger partial charge is 0.325 e. The lowest BCUT2D eigenvalue weighted by atomic mass is 9.93. The maximum atomic E-state index is 12.2. The SMILES string of the molecule is Cc1ccc(NC(=O)CSC2=C(C#N)[C@@H](c3cccs3)CC(=O)N2)cc1Cl. The van der Waals surface area contributed by atoms with E-state index >= 15 is 0 Å². The Morgan fingerprint density at radius 2 is 2.30 bits per heavy atom. The minimum atomic E-state index is -0.259. The summed E-state index contributed by atoms with van der Waals surface area (Å²) in [5.74, 6) is -0.577. The fourth-order valence-corrected chi connectivity index (χ4v) is 4.57. The molecule has 0 bridgehead atoms. The van der Waals surface area contributed by atoms with Crippen molar-refractivity contribution in [1.29, 1.82) is 5.26 Å². The highest BCUT2D eigenvalue weighted by molar-refractivity contribution is 8.03. The number of hydrogen-bond acceptors (Lipinski definition) is 5. The number of halogens is 1. The molecule has 0 spiro atoms.